The molecule has 1 heterocycles. The summed E-state index contributed by atoms with van der Waals surface area (Å²) in [6, 6.07) is 10.9. The van der Waals surface area contributed by atoms with Crippen molar-refractivity contribution in [2.45, 2.75) is 57.4 Å². The fraction of sp³-hybridized carbons (Fsp3) is 0.625. The van der Waals surface area contributed by atoms with Crippen LogP contribution in [0.4, 0.5) is 0 Å². The lowest BCUT2D eigenvalue weighted by Gasteiger charge is -2.34. The van der Waals surface area contributed by atoms with Crippen molar-refractivity contribution in [3.63, 3.8) is 0 Å². The number of hydrogen-bond donors (Lipinski definition) is 2. The molecule has 1 aliphatic rings. The van der Waals surface area contributed by atoms with E-state index >= 15 is 0 Å². The summed E-state index contributed by atoms with van der Waals surface area (Å²) in [7, 11) is 0. The summed E-state index contributed by atoms with van der Waals surface area (Å²) in [5, 5.41) is 13.1. The Morgan fingerprint density at radius 2 is 1.84 bits per heavy atom. The van der Waals surface area contributed by atoms with E-state index in [9.17, 15) is 5.11 Å². The second-order valence-electron chi connectivity index (χ2n) is 5.66. The van der Waals surface area contributed by atoms with Crippen LogP contribution in [0.5, 0.6) is 0 Å². The SMILES string of the molecule is C[C@@H]1CC(N[C@@H](CO)Cc2ccccc2)C[C@@H](C)O1. The average molecular weight is 263 g/mol. The zero-order valence-corrected chi connectivity index (χ0v) is 11.9. The maximum atomic E-state index is 9.56. The van der Waals surface area contributed by atoms with Gasteiger partial charge in [-0.25, -0.2) is 0 Å². The molecule has 0 saturated carbocycles. The van der Waals surface area contributed by atoms with Gasteiger partial charge in [-0.1, -0.05) is 30.3 Å². The Morgan fingerprint density at radius 3 is 2.42 bits per heavy atom. The maximum absolute atomic E-state index is 9.56. The molecule has 0 aliphatic carbocycles. The second kappa shape index (κ2) is 7.04. The molecule has 3 heteroatoms. The normalized spacial score (nSPS) is 29.1. The molecule has 2 rings (SSSR count). The smallest absolute Gasteiger partial charge is 0.0587 e. The maximum Gasteiger partial charge on any atom is 0.0587 e. The number of ether oxygens (including phenoxy) is 1. The lowest BCUT2D eigenvalue weighted by Crippen LogP contribution is -2.47. The van der Waals surface area contributed by atoms with Crippen molar-refractivity contribution in [1.29, 1.82) is 0 Å². The summed E-state index contributed by atoms with van der Waals surface area (Å²) in [4.78, 5) is 0. The molecule has 0 amide bonds. The molecule has 1 saturated heterocycles. The Morgan fingerprint density at radius 1 is 1.21 bits per heavy atom. The van der Waals surface area contributed by atoms with Crippen LogP contribution in [0.1, 0.15) is 32.3 Å². The molecule has 106 valence electrons. The van der Waals surface area contributed by atoms with Gasteiger partial charge in [-0.05, 0) is 38.7 Å². The van der Waals surface area contributed by atoms with Gasteiger partial charge in [0.25, 0.3) is 0 Å². The minimum Gasteiger partial charge on any atom is -0.395 e. The van der Waals surface area contributed by atoms with Crippen molar-refractivity contribution in [3.8, 4) is 0 Å². The first-order valence-electron chi connectivity index (χ1n) is 7.23. The van der Waals surface area contributed by atoms with Crippen LogP contribution in [0, 0.1) is 0 Å². The van der Waals surface area contributed by atoms with Gasteiger partial charge in [0.15, 0.2) is 0 Å². The van der Waals surface area contributed by atoms with Gasteiger partial charge in [-0.2, -0.15) is 0 Å². The predicted octanol–water partition coefficient (Wildman–Crippen LogP) is 2.14. The molecule has 0 bridgehead atoms. The van der Waals surface area contributed by atoms with E-state index in [1.165, 1.54) is 5.56 Å². The first kappa shape index (κ1) is 14.5. The molecule has 0 spiro atoms. The fourth-order valence-corrected chi connectivity index (χ4v) is 2.95. The minimum absolute atomic E-state index is 0.130. The summed E-state index contributed by atoms with van der Waals surface area (Å²) in [5.41, 5.74) is 1.27. The third-order valence-electron chi connectivity index (χ3n) is 3.71. The van der Waals surface area contributed by atoms with Crippen molar-refractivity contribution in [1.82, 2.24) is 5.32 Å². The largest absolute Gasteiger partial charge is 0.395 e. The van der Waals surface area contributed by atoms with E-state index in [4.69, 9.17) is 4.74 Å². The molecule has 3 nitrogen and oxygen atoms in total. The van der Waals surface area contributed by atoms with Crippen LogP contribution in [0.15, 0.2) is 30.3 Å². The summed E-state index contributed by atoms with van der Waals surface area (Å²) in [6.45, 7) is 4.42. The summed E-state index contributed by atoms with van der Waals surface area (Å²) in [5.74, 6) is 0. The lowest BCUT2D eigenvalue weighted by atomic mass is 9.97. The minimum atomic E-state index is 0.130. The van der Waals surface area contributed by atoms with Gasteiger partial charge >= 0.3 is 0 Å². The molecule has 1 aliphatic heterocycles. The van der Waals surface area contributed by atoms with Gasteiger partial charge in [0, 0.05) is 12.1 Å². The third kappa shape index (κ3) is 4.60. The van der Waals surface area contributed by atoms with Crippen LogP contribution in [0.3, 0.4) is 0 Å². The van der Waals surface area contributed by atoms with Crippen molar-refractivity contribution in [2.24, 2.45) is 0 Å². The van der Waals surface area contributed by atoms with Crippen LogP contribution in [0.2, 0.25) is 0 Å². The van der Waals surface area contributed by atoms with E-state index in [0.29, 0.717) is 18.2 Å². The standard InChI is InChI=1S/C16H25NO2/c1-12-8-15(9-13(2)19-12)17-16(11-18)10-14-6-4-3-5-7-14/h3-7,12-13,15-18H,8-11H2,1-2H3/t12-,13-,16-/m1/s1. The molecule has 0 radical (unpaired) electrons. The van der Waals surface area contributed by atoms with E-state index in [1.807, 2.05) is 18.2 Å². The lowest BCUT2D eigenvalue weighted by molar-refractivity contribution is -0.0444. The first-order valence-corrected chi connectivity index (χ1v) is 7.23. The number of benzene rings is 1. The van der Waals surface area contributed by atoms with Gasteiger partial charge < -0.3 is 15.2 Å². The van der Waals surface area contributed by atoms with Crippen LogP contribution in [-0.2, 0) is 11.2 Å². The quantitative estimate of drug-likeness (QED) is 0.855. The highest BCUT2D eigenvalue weighted by molar-refractivity contribution is 5.16. The van der Waals surface area contributed by atoms with E-state index in [0.717, 1.165) is 19.3 Å². The van der Waals surface area contributed by atoms with Crippen molar-refractivity contribution < 1.29 is 9.84 Å². The van der Waals surface area contributed by atoms with Gasteiger partial charge in [-0.15, -0.1) is 0 Å². The van der Waals surface area contributed by atoms with Crippen LogP contribution in [-0.4, -0.2) is 36.0 Å². The summed E-state index contributed by atoms with van der Waals surface area (Å²) >= 11 is 0. The Hall–Kier alpha value is -0.900. The van der Waals surface area contributed by atoms with Gasteiger partial charge in [0.05, 0.1) is 18.8 Å². The van der Waals surface area contributed by atoms with Gasteiger partial charge in [-0.3, -0.25) is 0 Å². The summed E-state index contributed by atoms with van der Waals surface area (Å²) in [6.07, 6.45) is 3.53. The van der Waals surface area contributed by atoms with E-state index in [1.54, 1.807) is 0 Å². The van der Waals surface area contributed by atoms with Crippen LogP contribution >= 0.6 is 0 Å². The highest BCUT2D eigenvalue weighted by Gasteiger charge is 2.25. The third-order valence-corrected chi connectivity index (χ3v) is 3.71. The topological polar surface area (TPSA) is 41.5 Å². The second-order valence-corrected chi connectivity index (χ2v) is 5.66. The molecule has 2 N–H and O–H groups in total. The van der Waals surface area contributed by atoms with Gasteiger partial charge in [0.2, 0.25) is 0 Å². The number of hydrogen-bond acceptors (Lipinski definition) is 3. The summed E-state index contributed by atoms with van der Waals surface area (Å²) < 4.78 is 5.75. The van der Waals surface area contributed by atoms with E-state index in [2.05, 4.69) is 31.3 Å². The molecule has 1 fully saturated rings. The predicted molar refractivity (Wildman–Crippen MR) is 77.2 cm³/mol. The monoisotopic (exact) mass is 263 g/mol. The Kier molecular flexibility index (Phi) is 5.37. The Bertz CT molecular complexity index is 358. The molecule has 0 aromatic heterocycles. The molecule has 19 heavy (non-hydrogen) atoms. The fourth-order valence-electron chi connectivity index (χ4n) is 2.95. The van der Waals surface area contributed by atoms with Crippen LogP contribution in [0.25, 0.3) is 0 Å². The van der Waals surface area contributed by atoms with E-state index in [-0.39, 0.29) is 12.6 Å². The highest BCUT2D eigenvalue weighted by atomic mass is 16.5. The zero-order valence-electron chi connectivity index (χ0n) is 11.9. The molecule has 0 unspecified atom stereocenters. The Labute approximate surface area is 116 Å². The zero-order chi connectivity index (χ0) is 13.7. The van der Waals surface area contributed by atoms with Crippen molar-refractivity contribution in [3.05, 3.63) is 35.9 Å². The van der Waals surface area contributed by atoms with Crippen molar-refractivity contribution in [2.75, 3.05) is 6.61 Å². The number of aliphatic hydroxyl groups is 1. The molecular weight excluding hydrogens is 238 g/mol. The van der Waals surface area contributed by atoms with Gasteiger partial charge in [0.1, 0.15) is 0 Å². The van der Waals surface area contributed by atoms with Crippen LogP contribution < -0.4 is 5.32 Å². The average Bonchev–Trinajstić information content (AvgIpc) is 2.38. The van der Waals surface area contributed by atoms with Crippen molar-refractivity contribution >= 4 is 0 Å². The highest BCUT2D eigenvalue weighted by Crippen LogP contribution is 2.19. The number of rotatable bonds is 5. The molecule has 3 atom stereocenters. The first-order chi connectivity index (χ1) is 9.17. The molecule has 1 aromatic carbocycles. The Balaban J connectivity index is 1.88. The van der Waals surface area contributed by atoms with E-state index < -0.39 is 0 Å². The molecule has 1 aromatic rings. The number of aliphatic hydroxyl groups excluding tert-OH is 1. The molecular formula is C16H25NO2. The number of nitrogens with one attached hydrogen (secondary N) is 1.